The van der Waals surface area contributed by atoms with Gasteiger partial charge in [0.1, 0.15) is 0 Å². The minimum Gasteiger partial charge on any atom is -0.302 e. The van der Waals surface area contributed by atoms with Crippen LogP contribution in [0.15, 0.2) is 53.0 Å². The third-order valence-electron chi connectivity index (χ3n) is 3.56. The van der Waals surface area contributed by atoms with Crippen molar-refractivity contribution < 1.29 is 4.79 Å². The van der Waals surface area contributed by atoms with E-state index in [0.29, 0.717) is 6.42 Å². The molecule has 110 valence electrons. The fourth-order valence-electron chi connectivity index (χ4n) is 2.31. The zero-order valence-corrected chi connectivity index (χ0v) is 14.1. The number of benzene rings is 2. The summed E-state index contributed by atoms with van der Waals surface area (Å²) in [5.74, 6) is 0.215. The monoisotopic (exact) mass is 345 g/mol. The van der Waals surface area contributed by atoms with Crippen molar-refractivity contribution in [2.24, 2.45) is 0 Å². The van der Waals surface area contributed by atoms with Crippen LogP contribution in [0.4, 0.5) is 0 Å². The van der Waals surface area contributed by atoms with E-state index in [2.05, 4.69) is 26.9 Å². The molecule has 0 saturated heterocycles. The number of aryl methyl sites for hydroxylation is 1. The van der Waals surface area contributed by atoms with Crippen LogP contribution in [0.1, 0.15) is 27.9 Å². The Bertz CT molecular complexity index is 624. The van der Waals surface area contributed by atoms with Gasteiger partial charge in [0.15, 0.2) is 5.78 Å². The molecule has 0 amide bonds. The second kappa shape index (κ2) is 7.53. The van der Waals surface area contributed by atoms with E-state index < -0.39 is 0 Å². The summed E-state index contributed by atoms with van der Waals surface area (Å²) in [6.45, 7) is 3.58. The topological polar surface area (TPSA) is 20.3 Å². The quantitative estimate of drug-likeness (QED) is 0.720. The molecule has 0 aliphatic carbocycles. The van der Waals surface area contributed by atoms with E-state index in [1.54, 1.807) is 0 Å². The Labute approximate surface area is 134 Å². The molecule has 2 aromatic rings. The van der Waals surface area contributed by atoms with Crippen LogP contribution < -0.4 is 0 Å². The van der Waals surface area contributed by atoms with Crippen molar-refractivity contribution in [2.75, 3.05) is 13.6 Å². The number of rotatable bonds is 6. The highest BCUT2D eigenvalue weighted by molar-refractivity contribution is 9.10. The number of ketones is 1. The molecule has 2 rings (SSSR count). The van der Waals surface area contributed by atoms with Gasteiger partial charge in [0.25, 0.3) is 0 Å². The van der Waals surface area contributed by atoms with Gasteiger partial charge in [-0.25, -0.2) is 0 Å². The smallest absolute Gasteiger partial charge is 0.164 e. The second-order valence-electron chi connectivity index (χ2n) is 5.32. The fourth-order valence-corrected chi connectivity index (χ4v) is 2.72. The van der Waals surface area contributed by atoms with Crippen molar-refractivity contribution in [1.29, 1.82) is 0 Å². The predicted molar refractivity (Wildman–Crippen MR) is 90.6 cm³/mol. The van der Waals surface area contributed by atoms with Gasteiger partial charge in [-0.1, -0.05) is 58.4 Å². The molecule has 21 heavy (non-hydrogen) atoms. The summed E-state index contributed by atoms with van der Waals surface area (Å²) < 4.78 is 1.11. The molecule has 0 aliphatic rings. The highest BCUT2D eigenvalue weighted by atomic mass is 79.9. The van der Waals surface area contributed by atoms with Gasteiger partial charge in [-0.05, 0) is 31.2 Å². The van der Waals surface area contributed by atoms with Gasteiger partial charge in [0.05, 0.1) is 0 Å². The zero-order valence-electron chi connectivity index (χ0n) is 12.5. The predicted octanol–water partition coefficient (Wildman–Crippen LogP) is 4.46. The summed E-state index contributed by atoms with van der Waals surface area (Å²) in [5, 5.41) is 0. The van der Waals surface area contributed by atoms with Crippen LogP contribution >= 0.6 is 15.9 Å². The molecule has 3 heteroatoms. The first-order valence-corrected chi connectivity index (χ1v) is 7.88. The third-order valence-corrected chi connectivity index (χ3v) is 4.34. The maximum absolute atomic E-state index is 12.3. The van der Waals surface area contributed by atoms with E-state index in [1.165, 1.54) is 5.56 Å². The standard InChI is InChI=1S/C18H20BrNO/c1-14-7-3-5-9-16(14)18(21)11-12-20(2)13-15-8-4-6-10-17(15)19/h3-10H,11-13H2,1-2H3. The molecule has 0 atom stereocenters. The summed E-state index contributed by atoms with van der Waals surface area (Å²) in [6.07, 6.45) is 0.547. The highest BCUT2D eigenvalue weighted by Crippen LogP contribution is 2.17. The van der Waals surface area contributed by atoms with Gasteiger partial charge < -0.3 is 4.90 Å². The van der Waals surface area contributed by atoms with E-state index in [9.17, 15) is 4.79 Å². The molecule has 2 aromatic carbocycles. The summed E-state index contributed by atoms with van der Waals surface area (Å²) in [6, 6.07) is 16.0. The summed E-state index contributed by atoms with van der Waals surface area (Å²) in [4.78, 5) is 14.4. The molecule has 0 fully saturated rings. The number of carbonyl (C=O) groups excluding carboxylic acids is 1. The normalized spacial score (nSPS) is 10.9. The average molecular weight is 346 g/mol. The Morgan fingerprint density at radius 3 is 2.48 bits per heavy atom. The zero-order chi connectivity index (χ0) is 15.2. The minimum absolute atomic E-state index is 0.215. The number of hydrogen-bond acceptors (Lipinski definition) is 2. The minimum atomic E-state index is 0.215. The lowest BCUT2D eigenvalue weighted by Crippen LogP contribution is -2.22. The first-order chi connectivity index (χ1) is 10.1. The molecular formula is C18H20BrNO. The molecule has 0 saturated carbocycles. The number of carbonyl (C=O) groups is 1. The molecule has 0 radical (unpaired) electrons. The maximum atomic E-state index is 12.3. The van der Waals surface area contributed by atoms with Crippen LogP contribution in [0.2, 0.25) is 0 Å². The Morgan fingerprint density at radius 1 is 1.10 bits per heavy atom. The third kappa shape index (κ3) is 4.51. The first-order valence-electron chi connectivity index (χ1n) is 7.08. The van der Waals surface area contributed by atoms with Crippen LogP contribution in [0.3, 0.4) is 0 Å². The van der Waals surface area contributed by atoms with E-state index in [4.69, 9.17) is 0 Å². The van der Waals surface area contributed by atoms with Gasteiger partial charge in [-0.15, -0.1) is 0 Å². The Kier molecular flexibility index (Phi) is 5.71. The van der Waals surface area contributed by atoms with Crippen LogP contribution in [0.5, 0.6) is 0 Å². The number of Topliss-reactive ketones (excluding diaryl/α,β-unsaturated/α-hetero) is 1. The summed E-state index contributed by atoms with van der Waals surface area (Å²) in [5.41, 5.74) is 3.13. The van der Waals surface area contributed by atoms with Gasteiger partial charge in [-0.3, -0.25) is 4.79 Å². The van der Waals surface area contributed by atoms with Crippen molar-refractivity contribution in [3.8, 4) is 0 Å². The van der Waals surface area contributed by atoms with Crippen molar-refractivity contribution in [3.63, 3.8) is 0 Å². The summed E-state index contributed by atoms with van der Waals surface area (Å²) >= 11 is 3.56. The lowest BCUT2D eigenvalue weighted by atomic mass is 10.0. The Hall–Kier alpha value is -1.45. The Morgan fingerprint density at radius 2 is 1.76 bits per heavy atom. The molecule has 0 unspecified atom stereocenters. The highest BCUT2D eigenvalue weighted by Gasteiger charge is 2.10. The van der Waals surface area contributed by atoms with E-state index in [0.717, 1.165) is 28.7 Å². The average Bonchev–Trinajstić information content (AvgIpc) is 2.48. The number of halogens is 1. The van der Waals surface area contributed by atoms with Gasteiger partial charge in [0.2, 0.25) is 0 Å². The lowest BCUT2D eigenvalue weighted by molar-refractivity contribution is 0.0967. The molecular weight excluding hydrogens is 326 g/mol. The molecule has 0 bridgehead atoms. The number of nitrogens with zero attached hydrogens (tertiary/aromatic N) is 1. The molecule has 0 heterocycles. The van der Waals surface area contributed by atoms with Gasteiger partial charge in [-0.2, -0.15) is 0 Å². The van der Waals surface area contributed by atoms with E-state index >= 15 is 0 Å². The number of hydrogen-bond donors (Lipinski definition) is 0. The fraction of sp³-hybridized carbons (Fsp3) is 0.278. The lowest BCUT2D eigenvalue weighted by Gasteiger charge is -2.17. The van der Waals surface area contributed by atoms with Gasteiger partial charge in [0, 0.05) is 29.5 Å². The van der Waals surface area contributed by atoms with Crippen LogP contribution in [-0.2, 0) is 6.54 Å². The molecule has 0 N–H and O–H groups in total. The summed E-state index contributed by atoms with van der Waals surface area (Å²) in [7, 11) is 2.05. The van der Waals surface area contributed by atoms with Crippen LogP contribution in [0, 0.1) is 6.92 Å². The van der Waals surface area contributed by atoms with E-state index in [-0.39, 0.29) is 5.78 Å². The largest absolute Gasteiger partial charge is 0.302 e. The van der Waals surface area contributed by atoms with Gasteiger partial charge >= 0.3 is 0 Å². The van der Waals surface area contributed by atoms with Crippen molar-refractivity contribution in [3.05, 3.63) is 69.7 Å². The molecule has 0 aliphatic heterocycles. The van der Waals surface area contributed by atoms with E-state index in [1.807, 2.05) is 56.4 Å². The van der Waals surface area contributed by atoms with Crippen LogP contribution in [-0.4, -0.2) is 24.3 Å². The maximum Gasteiger partial charge on any atom is 0.164 e. The first kappa shape index (κ1) is 15.9. The molecule has 0 spiro atoms. The SMILES string of the molecule is Cc1ccccc1C(=O)CCN(C)Cc1ccccc1Br. The van der Waals surface area contributed by atoms with Crippen molar-refractivity contribution >= 4 is 21.7 Å². The van der Waals surface area contributed by atoms with Crippen molar-refractivity contribution in [2.45, 2.75) is 19.9 Å². The molecule has 0 aromatic heterocycles. The Balaban J connectivity index is 1.90. The van der Waals surface area contributed by atoms with Crippen LogP contribution in [0.25, 0.3) is 0 Å². The van der Waals surface area contributed by atoms with Crippen molar-refractivity contribution in [1.82, 2.24) is 4.90 Å². The second-order valence-corrected chi connectivity index (χ2v) is 6.17. The molecule has 2 nitrogen and oxygen atoms in total.